The molecule has 2 N–H and O–H groups in total. The van der Waals surface area contributed by atoms with E-state index in [2.05, 4.69) is 105 Å². The molecule has 0 bridgehead atoms. The molecule has 0 aliphatic rings. The standard InChI is InChI=1S/C34H52N2/c1-12-15-25(8)32(14-3)27(10)16-28(11)33-18-29(13-2)34(19-30(33)17-26(9)24(6)7)31(20-35)22-36-21-23(4)5/h14,16,18-20,22-24,26,35-36H,8,10,12-13,15,17,21H2,1-7,9,11H3/b28-16+,31-22+,32-14-,35-20?. The van der Waals surface area contributed by atoms with Gasteiger partial charge in [0.05, 0.1) is 0 Å². The van der Waals surface area contributed by atoms with E-state index in [4.69, 9.17) is 5.41 Å². The van der Waals surface area contributed by atoms with Crippen LogP contribution in [0.4, 0.5) is 0 Å². The SMILES string of the molecule is C=C(/C=C(\C)c1cc(CC)c(/C(C=N)=C/NCC(C)C)cc1CC(C)C(C)C)/C(=C\C)C(=C)CCC. The first-order valence-electron chi connectivity index (χ1n) is 13.8. The number of hydrogen-bond donors (Lipinski definition) is 2. The van der Waals surface area contributed by atoms with Crippen molar-refractivity contribution in [3.63, 3.8) is 0 Å². The lowest BCUT2D eigenvalue weighted by Gasteiger charge is -2.22. The van der Waals surface area contributed by atoms with Crippen LogP contribution in [-0.4, -0.2) is 12.8 Å². The maximum absolute atomic E-state index is 8.14. The highest BCUT2D eigenvalue weighted by molar-refractivity contribution is 6.09. The Labute approximate surface area is 222 Å². The van der Waals surface area contributed by atoms with Gasteiger partial charge < -0.3 is 10.7 Å². The number of nitrogens with one attached hydrogen (secondary N) is 2. The van der Waals surface area contributed by atoms with Gasteiger partial charge >= 0.3 is 0 Å². The van der Waals surface area contributed by atoms with E-state index in [9.17, 15) is 0 Å². The number of benzene rings is 1. The second-order valence-electron chi connectivity index (χ2n) is 10.9. The first-order valence-corrected chi connectivity index (χ1v) is 13.8. The summed E-state index contributed by atoms with van der Waals surface area (Å²) in [6.07, 6.45) is 11.9. The van der Waals surface area contributed by atoms with E-state index in [0.29, 0.717) is 17.8 Å². The summed E-state index contributed by atoms with van der Waals surface area (Å²) in [5.74, 6) is 1.71. The second-order valence-corrected chi connectivity index (χ2v) is 10.9. The molecule has 0 spiro atoms. The maximum atomic E-state index is 8.14. The predicted molar refractivity (Wildman–Crippen MR) is 164 cm³/mol. The molecule has 1 rings (SSSR count). The zero-order valence-electron chi connectivity index (χ0n) is 24.6. The van der Waals surface area contributed by atoms with Gasteiger partial charge in [-0.25, -0.2) is 0 Å². The lowest BCUT2D eigenvalue weighted by molar-refractivity contribution is 0.417. The second kappa shape index (κ2) is 15.5. The van der Waals surface area contributed by atoms with Crippen LogP contribution in [0, 0.1) is 23.2 Å². The van der Waals surface area contributed by atoms with Crippen LogP contribution in [0.3, 0.4) is 0 Å². The first-order chi connectivity index (χ1) is 17.0. The van der Waals surface area contributed by atoms with Gasteiger partial charge in [0.2, 0.25) is 0 Å². The molecule has 0 aliphatic carbocycles. The van der Waals surface area contributed by atoms with Crippen molar-refractivity contribution in [2.45, 2.75) is 88.0 Å². The minimum absolute atomic E-state index is 0.556. The van der Waals surface area contributed by atoms with Gasteiger partial charge in [-0.15, -0.1) is 0 Å². The highest BCUT2D eigenvalue weighted by Crippen LogP contribution is 2.32. The van der Waals surface area contributed by atoms with Crippen LogP contribution in [0.5, 0.6) is 0 Å². The average Bonchev–Trinajstić information content (AvgIpc) is 2.81. The predicted octanol–water partition coefficient (Wildman–Crippen LogP) is 9.58. The van der Waals surface area contributed by atoms with Gasteiger partial charge in [-0.2, -0.15) is 0 Å². The molecule has 2 heteroatoms. The van der Waals surface area contributed by atoms with Crippen molar-refractivity contribution in [3.05, 3.63) is 82.6 Å². The summed E-state index contributed by atoms with van der Waals surface area (Å²) in [7, 11) is 0. The largest absolute Gasteiger partial charge is 0.390 e. The normalized spacial score (nSPS) is 13.8. The summed E-state index contributed by atoms with van der Waals surface area (Å²) in [6, 6.07) is 4.69. The van der Waals surface area contributed by atoms with Crippen LogP contribution in [-0.2, 0) is 12.8 Å². The van der Waals surface area contributed by atoms with Crippen LogP contribution in [0.1, 0.15) is 97.4 Å². The molecule has 0 radical (unpaired) electrons. The Balaban J connectivity index is 3.66. The van der Waals surface area contributed by atoms with Gasteiger partial charge in [-0.3, -0.25) is 0 Å². The van der Waals surface area contributed by atoms with Crippen molar-refractivity contribution in [3.8, 4) is 0 Å². The van der Waals surface area contributed by atoms with Crippen molar-refractivity contribution < 1.29 is 0 Å². The average molecular weight is 489 g/mol. The molecule has 198 valence electrons. The minimum atomic E-state index is 0.556. The number of rotatable bonds is 15. The molecule has 1 unspecified atom stereocenters. The molecule has 0 amide bonds. The molecule has 36 heavy (non-hydrogen) atoms. The van der Waals surface area contributed by atoms with E-state index >= 15 is 0 Å². The monoisotopic (exact) mass is 488 g/mol. The summed E-state index contributed by atoms with van der Waals surface area (Å²) >= 11 is 0. The lowest BCUT2D eigenvalue weighted by atomic mass is 9.83. The van der Waals surface area contributed by atoms with E-state index in [1.165, 1.54) is 28.5 Å². The quantitative estimate of drug-likeness (QED) is 0.187. The molecular formula is C34H52N2. The van der Waals surface area contributed by atoms with Gasteiger partial charge in [0.15, 0.2) is 0 Å². The van der Waals surface area contributed by atoms with Gasteiger partial charge in [-0.05, 0) is 95.4 Å². The third-order valence-corrected chi connectivity index (χ3v) is 7.02. The van der Waals surface area contributed by atoms with Crippen LogP contribution < -0.4 is 5.32 Å². The van der Waals surface area contributed by atoms with Gasteiger partial charge in [0.25, 0.3) is 0 Å². The van der Waals surface area contributed by atoms with Crippen molar-refractivity contribution in [1.29, 1.82) is 5.41 Å². The Morgan fingerprint density at radius 2 is 1.67 bits per heavy atom. The topological polar surface area (TPSA) is 35.9 Å². The number of aryl methyl sites for hydroxylation is 1. The van der Waals surface area contributed by atoms with E-state index in [0.717, 1.165) is 60.1 Å². The Morgan fingerprint density at radius 1 is 1.03 bits per heavy atom. The molecule has 1 aromatic rings. The molecule has 0 aromatic heterocycles. The Bertz CT molecular complexity index is 998. The number of allylic oxidation sites excluding steroid dienone is 7. The summed E-state index contributed by atoms with van der Waals surface area (Å²) < 4.78 is 0. The molecule has 0 saturated carbocycles. The third kappa shape index (κ3) is 9.12. The molecular weight excluding hydrogens is 436 g/mol. The lowest BCUT2D eigenvalue weighted by Crippen LogP contribution is -2.14. The van der Waals surface area contributed by atoms with E-state index in [1.807, 2.05) is 6.20 Å². The number of hydrogen-bond acceptors (Lipinski definition) is 2. The molecule has 0 heterocycles. The zero-order valence-corrected chi connectivity index (χ0v) is 24.6. The smallest absolute Gasteiger partial charge is 0.0270 e. The van der Waals surface area contributed by atoms with Crippen LogP contribution in [0.25, 0.3) is 11.1 Å². The summed E-state index contributed by atoms with van der Waals surface area (Å²) in [4.78, 5) is 0. The van der Waals surface area contributed by atoms with Crippen LogP contribution in [0.15, 0.2) is 60.4 Å². The van der Waals surface area contributed by atoms with Gasteiger partial charge in [0, 0.05) is 24.5 Å². The Morgan fingerprint density at radius 3 is 2.17 bits per heavy atom. The van der Waals surface area contributed by atoms with Crippen molar-refractivity contribution >= 4 is 17.4 Å². The first kappa shape index (κ1) is 31.4. The van der Waals surface area contributed by atoms with Crippen molar-refractivity contribution in [1.82, 2.24) is 5.32 Å². The molecule has 0 aliphatic heterocycles. The fraction of sp³-hybridized carbons (Fsp3) is 0.500. The van der Waals surface area contributed by atoms with Crippen molar-refractivity contribution in [2.24, 2.45) is 17.8 Å². The summed E-state index contributed by atoms with van der Waals surface area (Å²) in [5.41, 5.74) is 10.6. The fourth-order valence-electron chi connectivity index (χ4n) is 4.44. The molecule has 0 saturated heterocycles. The van der Waals surface area contributed by atoms with Crippen LogP contribution >= 0.6 is 0 Å². The molecule has 2 nitrogen and oxygen atoms in total. The Hall–Kier alpha value is -2.61. The summed E-state index contributed by atoms with van der Waals surface area (Å²) in [5, 5.41) is 11.6. The van der Waals surface area contributed by atoms with Crippen molar-refractivity contribution in [2.75, 3.05) is 6.54 Å². The summed E-state index contributed by atoms with van der Waals surface area (Å²) in [6.45, 7) is 29.6. The maximum Gasteiger partial charge on any atom is 0.0270 e. The van der Waals surface area contributed by atoms with Gasteiger partial charge in [-0.1, -0.05) is 92.3 Å². The Kier molecular flexibility index (Phi) is 13.5. The minimum Gasteiger partial charge on any atom is -0.390 e. The zero-order chi connectivity index (χ0) is 27.4. The van der Waals surface area contributed by atoms with Crippen LogP contribution in [0.2, 0.25) is 0 Å². The van der Waals surface area contributed by atoms with E-state index < -0.39 is 0 Å². The highest BCUT2D eigenvalue weighted by Gasteiger charge is 2.17. The molecule has 1 atom stereocenters. The highest BCUT2D eigenvalue weighted by atomic mass is 14.8. The van der Waals surface area contributed by atoms with E-state index in [1.54, 1.807) is 0 Å². The molecule has 1 aromatic carbocycles. The third-order valence-electron chi connectivity index (χ3n) is 7.02. The fourth-order valence-corrected chi connectivity index (χ4v) is 4.44. The van der Waals surface area contributed by atoms with Gasteiger partial charge in [0.1, 0.15) is 0 Å². The molecule has 0 fully saturated rings. The van der Waals surface area contributed by atoms with E-state index in [-0.39, 0.29) is 0 Å².